The van der Waals surface area contributed by atoms with Gasteiger partial charge in [0.2, 0.25) is 5.91 Å². The molecule has 1 aromatic heterocycles. The number of amides is 1. The van der Waals surface area contributed by atoms with Crippen molar-refractivity contribution in [3.05, 3.63) is 17.5 Å². The molecule has 0 aliphatic carbocycles. The fourth-order valence-corrected chi connectivity index (χ4v) is 1.82. The fraction of sp³-hybridized carbons (Fsp3) is 0.636. The molecule has 1 fully saturated rings. The third kappa shape index (κ3) is 2.61. The lowest BCUT2D eigenvalue weighted by molar-refractivity contribution is -0.132. The Morgan fingerprint density at radius 3 is 2.69 bits per heavy atom. The molecule has 2 heterocycles. The number of nitrogens with zero attached hydrogens (tertiary/aromatic N) is 3. The third-order valence-electron chi connectivity index (χ3n) is 2.87. The molecule has 1 aliphatic heterocycles. The van der Waals surface area contributed by atoms with E-state index in [-0.39, 0.29) is 5.91 Å². The van der Waals surface area contributed by atoms with Crippen molar-refractivity contribution in [3.8, 4) is 0 Å². The topological polar surface area (TPSA) is 49.6 Å². The van der Waals surface area contributed by atoms with Gasteiger partial charge in [-0.15, -0.1) is 0 Å². The summed E-state index contributed by atoms with van der Waals surface area (Å²) >= 11 is 0. The molecule has 2 rings (SSSR count). The second-order valence-corrected chi connectivity index (χ2v) is 4.29. The minimum Gasteiger partial charge on any atom is -0.361 e. The van der Waals surface area contributed by atoms with Crippen molar-refractivity contribution in [2.24, 2.45) is 0 Å². The van der Waals surface area contributed by atoms with Gasteiger partial charge in [-0.05, 0) is 14.0 Å². The average Bonchev–Trinajstić information content (AvgIpc) is 2.65. The van der Waals surface area contributed by atoms with E-state index < -0.39 is 0 Å². The number of carbonyl (C=O) groups excluding carboxylic acids is 1. The molecule has 0 atom stereocenters. The Morgan fingerprint density at radius 1 is 1.44 bits per heavy atom. The van der Waals surface area contributed by atoms with Crippen LogP contribution < -0.4 is 0 Å². The zero-order valence-electron chi connectivity index (χ0n) is 9.77. The molecule has 0 bridgehead atoms. The Kier molecular flexibility index (Phi) is 3.24. The maximum atomic E-state index is 11.9. The van der Waals surface area contributed by atoms with Crippen LogP contribution in [0.2, 0.25) is 0 Å². The monoisotopic (exact) mass is 223 g/mol. The Balaban J connectivity index is 1.88. The van der Waals surface area contributed by atoms with Crippen LogP contribution in [-0.2, 0) is 11.2 Å². The highest BCUT2D eigenvalue weighted by molar-refractivity contribution is 5.78. The molecule has 0 unspecified atom stereocenters. The van der Waals surface area contributed by atoms with Crippen molar-refractivity contribution in [1.82, 2.24) is 15.0 Å². The molecule has 1 amide bonds. The number of aryl methyl sites for hydroxylation is 1. The number of rotatable bonds is 2. The summed E-state index contributed by atoms with van der Waals surface area (Å²) in [6.07, 6.45) is 0.348. The van der Waals surface area contributed by atoms with E-state index in [1.54, 1.807) is 0 Å². The highest BCUT2D eigenvalue weighted by Crippen LogP contribution is 2.06. The molecule has 88 valence electrons. The van der Waals surface area contributed by atoms with Crippen molar-refractivity contribution >= 4 is 5.91 Å². The molecule has 1 aromatic rings. The van der Waals surface area contributed by atoms with Crippen LogP contribution >= 0.6 is 0 Å². The van der Waals surface area contributed by atoms with Gasteiger partial charge in [0, 0.05) is 32.2 Å². The van der Waals surface area contributed by atoms with Gasteiger partial charge in [0.1, 0.15) is 5.76 Å². The maximum Gasteiger partial charge on any atom is 0.228 e. The van der Waals surface area contributed by atoms with E-state index in [2.05, 4.69) is 17.1 Å². The van der Waals surface area contributed by atoms with Crippen LogP contribution in [-0.4, -0.2) is 54.1 Å². The minimum atomic E-state index is 0.140. The first-order valence-electron chi connectivity index (χ1n) is 5.53. The fourth-order valence-electron chi connectivity index (χ4n) is 1.82. The normalized spacial score (nSPS) is 17.8. The van der Waals surface area contributed by atoms with Gasteiger partial charge in [0.15, 0.2) is 0 Å². The third-order valence-corrected chi connectivity index (χ3v) is 2.87. The first-order valence-corrected chi connectivity index (χ1v) is 5.53. The second kappa shape index (κ2) is 4.65. The number of carbonyl (C=O) groups is 1. The first kappa shape index (κ1) is 11.1. The summed E-state index contributed by atoms with van der Waals surface area (Å²) in [6, 6.07) is 1.81. The summed E-state index contributed by atoms with van der Waals surface area (Å²) in [5, 5.41) is 3.83. The van der Waals surface area contributed by atoms with E-state index in [1.165, 1.54) is 0 Å². The molecule has 0 radical (unpaired) electrons. The zero-order chi connectivity index (χ0) is 11.5. The van der Waals surface area contributed by atoms with Gasteiger partial charge in [0.25, 0.3) is 0 Å². The van der Waals surface area contributed by atoms with Crippen LogP contribution in [0.1, 0.15) is 11.5 Å². The molecule has 5 heteroatoms. The lowest BCUT2D eigenvalue weighted by atomic mass is 10.2. The van der Waals surface area contributed by atoms with E-state index in [1.807, 2.05) is 17.9 Å². The highest BCUT2D eigenvalue weighted by atomic mass is 16.5. The summed E-state index contributed by atoms with van der Waals surface area (Å²) in [5.74, 6) is 0.891. The Morgan fingerprint density at radius 2 is 2.12 bits per heavy atom. The number of hydrogen-bond acceptors (Lipinski definition) is 4. The van der Waals surface area contributed by atoms with E-state index in [0.717, 1.165) is 37.6 Å². The average molecular weight is 223 g/mol. The summed E-state index contributed by atoms with van der Waals surface area (Å²) in [4.78, 5) is 16.0. The summed E-state index contributed by atoms with van der Waals surface area (Å²) in [7, 11) is 2.07. The van der Waals surface area contributed by atoms with Crippen LogP contribution in [0.25, 0.3) is 0 Å². The van der Waals surface area contributed by atoms with E-state index >= 15 is 0 Å². The molecule has 16 heavy (non-hydrogen) atoms. The van der Waals surface area contributed by atoms with Crippen LogP contribution in [0.15, 0.2) is 10.6 Å². The predicted octanol–water partition coefficient (Wildman–Crippen LogP) is 0.300. The Bertz CT molecular complexity index is 367. The molecule has 0 aromatic carbocycles. The van der Waals surface area contributed by atoms with E-state index in [9.17, 15) is 4.79 Å². The summed E-state index contributed by atoms with van der Waals surface area (Å²) in [6.45, 7) is 5.35. The van der Waals surface area contributed by atoms with Crippen molar-refractivity contribution in [3.63, 3.8) is 0 Å². The lowest BCUT2D eigenvalue weighted by Gasteiger charge is -2.32. The van der Waals surface area contributed by atoms with Gasteiger partial charge in [-0.3, -0.25) is 4.79 Å². The van der Waals surface area contributed by atoms with Gasteiger partial charge in [-0.25, -0.2) is 0 Å². The number of aromatic nitrogens is 1. The van der Waals surface area contributed by atoms with Crippen LogP contribution in [0.3, 0.4) is 0 Å². The largest absolute Gasteiger partial charge is 0.361 e. The van der Waals surface area contributed by atoms with Crippen LogP contribution in [0.5, 0.6) is 0 Å². The van der Waals surface area contributed by atoms with E-state index in [4.69, 9.17) is 4.52 Å². The van der Waals surface area contributed by atoms with Gasteiger partial charge < -0.3 is 14.3 Å². The van der Waals surface area contributed by atoms with Crippen molar-refractivity contribution in [1.29, 1.82) is 0 Å². The quantitative estimate of drug-likeness (QED) is 0.723. The summed E-state index contributed by atoms with van der Waals surface area (Å²) < 4.78 is 4.94. The first-order chi connectivity index (χ1) is 7.65. The van der Waals surface area contributed by atoms with Gasteiger partial charge >= 0.3 is 0 Å². The molecular formula is C11H17N3O2. The maximum absolute atomic E-state index is 11.9. The van der Waals surface area contributed by atoms with Gasteiger partial charge in [-0.2, -0.15) is 0 Å². The molecule has 5 nitrogen and oxygen atoms in total. The molecule has 1 aliphatic rings. The Labute approximate surface area is 95.0 Å². The smallest absolute Gasteiger partial charge is 0.228 e. The van der Waals surface area contributed by atoms with Gasteiger partial charge in [0.05, 0.1) is 12.1 Å². The van der Waals surface area contributed by atoms with E-state index in [0.29, 0.717) is 6.42 Å². The second-order valence-electron chi connectivity index (χ2n) is 4.29. The standard InChI is InChI=1S/C11H17N3O2/c1-9-7-10(12-16-9)8-11(15)14-5-3-13(2)4-6-14/h7H,3-6,8H2,1-2H3. The number of likely N-dealkylation sites (N-methyl/N-ethyl adjacent to an activating group) is 1. The zero-order valence-corrected chi connectivity index (χ0v) is 9.77. The molecule has 0 saturated carbocycles. The Hall–Kier alpha value is -1.36. The van der Waals surface area contributed by atoms with Crippen LogP contribution in [0.4, 0.5) is 0 Å². The van der Waals surface area contributed by atoms with Crippen LogP contribution in [0, 0.1) is 6.92 Å². The molecular weight excluding hydrogens is 206 g/mol. The molecule has 1 saturated heterocycles. The minimum absolute atomic E-state index is 0.140. The molecule has 0 spiro atoms. The molecule has 0 N–H and O–H groups in total. The van der Waals surface area contributed by atoms with Crippen molar-refractivity contribution in [2.45, 2.75) is 13.3 Å². The SMILES string of the molecule is Cc1cc(CC(=O)N2CCN(C)CC2)no1. The lowest BCUT2D eigenvalue weighted by Crippen LogP contribution is -2.47. The number of piperazine rings is 1. The summed E-state index contributed by atoms with van der Waals surface area (Å²) in [5.41, 5.74) is 0.724. The van der Waals surface area contributed by atoms with Crippen molar-refractivity contribution in [2.75, 3.05) is 33.2 Å². The number of hydrogen-bond donors (Lipinski definition) is 0. The highest BCUT2D eigenvalue weighted by Gasteiger charge is 2.19. The van der Waals surface area contributed by atoms with Gasteiger partial charge in [-0.1, -0.05) is 5.16 Å². The predicted molar refractivity (Wildman–Crippen MR) is 59.0 cm³/mol. The van der Waals surface area contributed by atoms with Crippen molar-refractivity contribution < 1.29 is 9.32 Å².